The third-order valence-electron chi connectivity index (χ3n) is 5.02. The molecule has 4 rings (SSSR count). The van der Waals surface area contributed by atoms with E-state index in [-0.39, 0.29) is 11.9 Å². The smallest absolute Gasteiger partial charge is 0.275 e. The Labute approximate surface area is 135 Å². The minimum atomic E-state index is 0.0535. The fourth-order valence-electron chi connectivity index (χ4n) is 3.91. The van der Waals surface area contributed by atoms with Crippen LogP contribution in [0.3, 0.4) is 0 Å². The molecule has 120 valence electrons. The highest BCUT2D eigenvalue weighted by Gasteiger charge is 2.35. The van der Waals surface area contributed by atoms with Gasteiger partial charge in [-0.25, -0.2) is 0 Å². The zero-order valence-corrected chi connectivity index (χ0v) is 13.3. The molecule has 1 aliphatic carbocycles. The van der Waals surface area contributed by atoms with E-state index in [1.165, 1.54) is 0 Å². The summed E-state index contributed by atoms with van der Waals surface area (Å²) in [5, 5.41) is 7.35. The Balaban J connectivity index is 1.66. The second-order valence-electron chi connectivity index (χ2n) is 6.28. The van der Waals surface area contributed by atoms with E-state index in [9.17, 15) is 4.79 Å². The number of rotatable bonds is 3. The number of ether oxygens (including phenoxy) is 1. The number of carbonyl (C=O) groups is 1. The van der Waals surface area contributed by atoms with Crippen molar-refractivity contribution in [3.63, 3.8) is 0 Å². The normalized spacial score (nSPS) is 19.9. The van der Waals surface area contributed by atoms with Crippen molar-refractivity contribution in [1.82, 2.24) is 15.1 Å². The largest absolute Gasteiger partial charge is 0.496 e. The standard InChI is InChI=1S/C18H21N3O2/c1-23-16-10-3-2-6-13(16)15-9-5-11-21(15)18(22)17-12-7-4-8-14(12)19-20-17/h2-3,6,10,15H,4-5,7-9,11H2,1H3,(H,19,20)/t15-/m1/s1. The lowest BCUT2D eigenvalue weighted by atomic mass is 10.0. The van der Waals surface area contributed by atoms with Gasteiger partial charge in [0.2, 0.25) is 0 Å². The number of aromatic amines is 1. The molecule has 0 unspecified atom stereocenters. The average molecular weight is 311 g/mol. The van der Waals surface area contributed by atoms with Crippen LogP contribution in [0.4, 0.5) is 0 Å². The molecule has 1 amide bonds. The molecule has 0 spiro atoms. The van der Waals surface area contributed by atoms with E-state index in [1.54, 1.807) is 7.11 Å². The minimum Gasteiger partial charge on any atom is -0.496 e. The fourth-order valence-corrected chi connectivity index (χ4v) is 3.91. The molecule has 1 N–H and O–H groups in total. The molecule has 1 aliphatic heterocycles. The summed E-state index contributed by atoms with van der Waals surface area (Å²) in [4.78, 5) is 15.0. The number of benzene rings is 1. The second-order valence-corrected chi connectivity index (χ2v) is 6.28. The van der Waals surface area contributed by atoms with E-state index in [0.29, 0.717) is 5.69 Å². The molecule has 1 atom stereocenters. The lowest BCUT2D eigenvalue weighted by molar-refractivity contribution is 0.0727. The molecule has 2 aromatic rings. The van der Waals surface area contributed by atoms with Crippen LogP contribution in [0.1, 0.15) is 52.6 Å². The summed E-state index contributed by atoms with van der Waals surface area (Å²) in [6.07, 6.45) is 5.06. The van der Waals surface area contributed by atoms with Crippen LogP contribution < -0.4 is 4.74 Å². The van der Waals surface area contributed by atoms with Gasteiger partial charge in [0.15, 0.2) is 5.69 Å². The molecule has 2 aliphatic rings. The van der Waals surface area contributed by atoms with Gasteiger partial charge in [-0.2, -0.15) is 5.10 Å². The molecule has 1 aromatic carbocycles. The molecular weight excluding hydrogens is 290 g/mol. The van der Waals surface area contributed by atoms with Crippen molar-refractivity contribution in [2.75, 3.05) is 13.7 Å². The fraction of sp³-hybridized carbons (Fsp3) is 0.444. The van der Waals surface area contributed by atoms with E-state index >= 15 is 0 Å². The van der Waals surface area contributed by atoms with E-state index < -0.39 is 0 Å². The highest BCUT2D eigenvalue weighted by atomic mass is 16.5. The van der Waals surface area contributed by atoms with Gasteiger partial charge in [0, 0.05) is 23.4 Å². The molecule has 1 saturated heterocycles. The number of para-hydroxylation sites is 1. The van der Waals surface area contributed by atoms with Crippen LogP contribution in [-0.4, -0.2) is 34.7 Å². The van der Waals surface area contributed by atoms with Crippen molar-refractivity contribution >= 4 is 5.91 Å². The van der Waals surface area contributed by atoms with Gasteiger partial charge < -0.3 is 9.64 Å². The summed E-state index contributed by atoms with van der Waals surface area (Å²) in [7, 11) is 1.68. The zero-order chi connectivity index (χ0) is 15.8. The lowest BCUT2D eigenvalue weighted by Gasteiger charge is -2.26. The van der Waals surface area contributed by atoms with Crippen LogP contribution in [0.15, 0.2) is 24.3 Å². The van der Waals surface area contributed by atoms with Crippen LogP contribution in [0, 0.1) is 0 Å². The number of amides is 1. The van der Waals surface area contributed by atoms with Crippen molar-refractivity contribution in [3.8, 4) is 5.75 Å². The summed E-state index contributed by atoms with van der Waals surface area (Å²) < 4.78 is 5.49. The predicted octanol–water partition coefficient (Wildman–Crippen LogP) is 2.88. The Morgan fingerprint density at radius 3 is 3.04 bits per heavy atom. The highest BCUT2D eigenvalue weighted by Crippen LogP contribution is 2.38. The molecule has 0 saturated carbocycles. The first-order chi connectivity index (χ1) is 11.3. The van der Waals surface area contributed by atoms with Crippen LogP contribution in [-0.2, 0) is 12.8 Å². The molecule has 5 nitrogen and oxygen atoms in total. The highest BCUT2D eigenvalue weighted by molar-refractivity contribution is 5.94. The number of H-pyrrole nitrogens is 1. The number of carbonyl (C=O) groups excluding carboxylic acids is 1. The number of fused-ring (bicyclic) bond motifs is 1. The van der Waals surface area contributed by atoms with Crippen molar-refractivity contribution in [1.29, 1.82) is 0 Å². The molecule has 1 fully saturated rings. The van der Waals surface area contributed by atoms with Crippen molar-refractivity contribution in [2.45, 2.75) is 38.1 Å². The lowest BCUT2D eigenvalue weighted by Crippen LogP contribution is -2.31. The topological polar surface area (TPSA) is 58.2 Å². The van der Waals surface area contributed by atoms with Gasteiger partial charge in [-0.1, -0.05) is 18.2 Å². The number of methoxy groups -OCH3 is 1. The predicted molar refractivity (Wildman–Crippen MR) is 86.6 cm³/mol. The Bertz CT molecular complexity index is 738. The Kier molecular flexibility index (Phi) is 3.56. The molecule has 23 heavy (non-hydrogen) atoms. The van der Waals surface area contributed by atoms with E-state index in [0.717, 1.165) is 61.2 Å². The third kappa shape index (κ3) is 2.31. The maximum atomic E-state index is 13.1. The number of nitrogens with one attached hydrogen (secondary N) is 1. The van der Waals surface area contributed by atoms with Crippen LogP contribution in [0.25, 0.3) is 0 Å². The van der Waals surface area contributed by atoms with Crippen molar-refractivity contribution < 1.29 is 9.53 Å². The van der Waals surface area contributed by atoms with Gasteiger partial charge in [-0.15, -0.1) is 0 Å². The quantitative estimate of drug-likeness (QED) is 0.948. The number of likely N-dealkylation sites (tertiary alicyclic amines) is 1. The molecule has 1 aromatic heterocycles. The molecule has 0 bridgehead atoms. The van der Waals surface area contributed by atoms with Gasteiger partial charge >= 0.3 is 0 Å². The number of hydrogen-bond donors (Lipinski definition) is 1. The van der Waals surface area contributed by atoms with Gasteiger partial charge in [-0.3, -0.25) is 9.89 Å². The Morgan fingerprint density at radius 1 is 1.30 bits per heavy atom. The first-order valence-electron chi connectivity index (χ1n) is 8.29. The van der Waals surface area contributed by atoms with E-state index in [2.05, 4.69) is 16.3 Å². The van der Waals surface area contributed by atoms with E-state index in [1.807, 2.05) is 23.1 Å². The van der Waals surface area contributed by atoms with Crippen LogP contribution in [0.2, 0.25) is 0 Å². The van der Waals surface area contributed by atoms with E-state index in [4.69, 9.17) is 4.74 Å². The monoisotopic (exact) mass is 311 g/mol. The first-order valence-corrected chi connectivity index (χ1v) is 8.29. The summed E-state index contributed by atoms with van der Waals surface area (Å²) in [6, 6.07) is 8.06. The summed E-state index contributed by atoms with van der Waals surface area (Å²) in [5.41, 5.74) is 3.98. The summed E-state index contributed by atoms with van der Waals surface area (Å²) in [5.74, 6) is 0.905. The molecule has 2 heterocycles. The Hall–Kier alpha value is -2.30. The average Bonchev–Trinajstić information content (AvgIpc) is 3.30. The number of nitrogens with zero attached hydrogens (tertiary/aromatic N) is 2. The van der Waals surface area contributed by atoms with Gasteiger partial charge in [0.05, 0.1) is 13.2 Å². The second kappa shape index (κ2) is 5.72. The van der Waals surface area contributed by atoms with Gasteiger partial charge in [0.25, 0.3) is 5.91 Å². The van der Waals surface area contributed by atoms with Crippen LogP contribution >= 0.6 is 0 Å². The third-order valence-corrected chi connectivity index (χ3v) is 5.02. The maximum absolute atomic E-state index is 13.1. The van der Waals surface area contributed by atoms with Gasteiger partial charge in [-0.05, 0) is 38.2 Å². The summed E-state index contributed by atoms with van der Waals surface area (Å²) >= 11 is 0. The van der Waals surface area contributed by atoms with Crippen molar-refractivity contribution in [2.24, 2.45) is 0 Å². The van der Waals surface area contributed by atoms with Gasteiger partial charge in [0.1, 0.15) is 5.75 Å². The number of aromatic nitrogens is 2. The minimum absolute atomic E-state index is 0.0535. The first kappa shape index (κ1) is 14.3. The zero-order valence-electron chi connectivity index (χ0n) is 13.3. The SMILES string of the molecule is COc1ccccc1[C@H]1CCCN1C(=O)c1n[nH]c2c1CCC2. The van der Waals surface area contributed by atoms with Crippen molar-refractivity contribution in [3.05, 3.63) is 46.8 Å². The van der Waals surface area contributed by atoms with Crippen LogP contribution in [0.5, 0.6) is 5.75 Å². The molecule has 5 heteroatoms. The molecule has 0 radical (unpaired) electrons. The summed E-state index contributed by atoms with van der Waals surface area (Å²) in [6.45, 7) is 0.781. The maximum Gasteiger partial charge on any atom is 0.275 e. The number of aryl methyl sites for hydroxylation is 1. The molecular formula is C18H21N3O2. The number of hydrogen-bond acceptors (Lipinski definition) is 3. The Morgan fingerprint density at radius 2 is 2.17 bits per heavy atom.